The molecule has 37 heavy (non-hydrogen) atoms. The molecule has 186 valence electrons. The van der Waals surface area contributed by atoms with Crippen LogP contribution in [-0.2, 0) is 24.1 Å². The number of halogens is 2. The summed E-state index contributed by atoms with van der Waals surface area (Å²) in [5.41, 5.74) is 3.88. The smallest absolute Gasteiger partial charge is 0.235 e. The highest BCUT2D eigenvalue weighted by Crippen LogP contribution is 2.69. The number of hydrogen-bond donors (Lipinski definition) is 1. The second-order valence-electron chi connectivity index (χ2n) is 9.73. The van der Waals surface area contributed by atoms with Crippen LogP contribution < -0.4 is 5.32 Å². The van der Waals surface area contributed by atoms with E-state index in [4.69, 9.17) is 23.2 Å². The number of carbonyl (C=O) groups excluding carboxylic acids is 4. The van der Waals surface area contributed by atoms with Gasteiger partial charge in [0.1, 0.15) is 9.75 Å². The molecule has 3 aliphatic carbocycles. The Morgan fingerprint density at radius 3 is 1.76 bits per heavy atom. The van der Waals surface area contributed by atoms with Gasteiger partial charge in [-0.2, -0.15) is 0 Å². The van der Waals surface area contributed by atoms with E-state index >= 15 is 0 Å². The summed E-state index contributed by atoms with van der Waals surface area (Å²) in [5, 5.41) is 2.73. The third-order valence-corrected chi connectivity index (χ3v) is 9.08. The van der Waals surface area contributed by atoms with Gasteiger partial charge in [0.05, 0.1) is 11.8 Å². The first kappa shape index (κ1) is 23.9. The minimum Gasteiger partial charge on any atom is -0.326 e. The Hall–Kier alpha value is -3.48. The van der Waals surface area contributed by atoms with Crippen LogP contribution in [0.5, 0.6) is 0 Å². The van der Waals surface area contributed by atoms with Crippen LogP contribution in [-0.4, -0.2) is 34.9 Å². The predicted octanol–water partition coefficient (Wildman–Crippen LogP) is 4.81. The maximum Gasteiger partial charge on any atom is 0.235 e. The summed E-state index contributed by atoms with van der Waals surface area (Å²) in [7, 11) is 0. The van der Waals surface area contributed by atoms with Crippen molar-refractivity contribution >= 4 is 52.4 Å². The molecule has 7 rings (SSSR count). The van der Waals surface area contributed by atoms with Gasteiger partial charge in [-0.25, -0.2) is 0 Å². The van der Waals surface area contributed by atoms with Crippen molar-refractivity contribution in [2.24, 2.45) is 11.8 Å². The van der Waals surface area contributed by atoms with Crippen molar-refractivity contribution < 1.29 is 19.2 Å². The lowest BCUT2D eigenvalue weighted by molar-refractivity contribution is -0.140. The van der Waals surface area contributed by atoms with Crippen LogP contribution in [0, 0.1) is 11.8 Å². The molecule has 2 atom stereocenters. The van der Waals surface area contributed by atoms with Crippen LogP contribution in [0.4, 0.5) is 5.69 Å². The van der Waals surface area contributed by atoms with Gasteiger partial charge in [-0.1, -0.05) is 60.7 Å². The number of Topliss-reactive ketones (excluding diaryl/α,β-unsaturated/α-hetero) is 1. The number of amides is 3. The number of likely N-dealkylation sites (tertiary alicyclic amines) is 1. The monoisotopic (exact) mass is 532 g/mol. The van der Waals surface area contributed by atoms with Crippen LogP contribution in [0.15, 0.2) is 72.8 Å². The van der Waals surface area contributed by atoms with E-state index in [9.17, 15) is 19.2 Å². The zero-order valence-electron chi connectivity index (χ0n) is 19.8. The Kier molecular flexibility index (Phi) is 5.34. The highest BCUT2D eigenvalue weighted by molar-refractivity contribution is 6.36. The second-order valence-corrected chi connectivity index (χ2v) is 10.9. The highest BCUT2D eigenvalue weighted by Gasteiger charge is 2.72. The predicted molar refractivity (Wildman–Crippen MR) is 140 cm³/mol. The van der Waals surface area contributed by atoms with Gasteiger partial charge in [-0.3, -0.25) is 24.1 Å². The van der Waals surface area contributed by atoms with Gasteiger partial charge in [-0.15, -0.1) is 23.2 Å². The molecule has 1 saturated heterocycles. The van der Waals surface area contributed by atoms with Crippen LogP contribution in [0.1, 0.15) is 46.0 Å². The van der Waals surface area contributed by atoms with Crippen molar-refractivity contribution in [1.82, 2.24) is 4.90 Å². The summed E-state index contributed by atoms with van der Waals surface area (Å²) in [6.07, 6.45) is -0.105. The molecule has 1 fully saturated rings. The summed E-state index contributed by atoms with van der Waals surface area (Å²) >= 11 is 14.8. The van der Waals surface area contributed by atoms with Crippen LogP contribution in [0.2, 0.25) is 0 Å². The molecule has 0 aromatic heterocycles. The summed E-state index contributed by atoms with van der Waals surface area (Å²) in [6.45, 7) is 1.34. The van der Waals surface area contributed by atoms with E-state index in [0.717, 1.165) is 27.2 Å². The van der Waals surface area contributed by atoms with Crippen LogP contribution in [0.25, 0.3) is 0 Å². The topological polar surface area (TPSA) is 83.6 Å². The zero-order chi connectivity index (χ0) is 26.1. The number of hydrogen-bond acceptors (Lipinski definition) is 4. The van der Waals surface area contributed by atoms with Gasteiger partial charge in [0, 0.05) is 24.2 Å². The Morgan fingerprint density at radius 2 is 1.30 bits per heavy atom. The summed E-state index contributed by atoms with van der Waals surface area (Å²) in [5.74, 6) is -3.13. The fourth-order valence-corrected chi connectivity index (χ4v) is 7.30. The molecule has 3 aromatic rings. The maximum absolute atomic E-state index is 13.8. The van der Waals surface area contributed by atoms with E-state index in [0.29, 0.717) is 11.3 Å². The van der Waals surface area contributed by atoms with Crippen LogP contribution >= 0.6 is 23.2 Å². The van der Waals surface area contributed by atoms with E-state index in [2.05, 4.69) is 5.32 Å². The average Bonchev–Trinajstić information content (AvgIpc) is 3.16. The molecule has 0 saturated carbocycles. The number of rotatable bonds is 5. The number of alkyl halides is 2. The van der Waals surface area contributed by atoms with E-state index in [1.165, 1.54) is 6.92 Å². The molecule has 4 aliphatic rings. The summed E-state index contributed by atoms with van der Waals surface area (Å²) in [4.78, 5) is 50.6. The van der Waals surface area contributed by atoms with Crippen molar-refractivity contribution in [3.05, 3.63) is 101 Å². The molecular weight excluding hydrogens is 511 g/mol. The second kappa shape index (κ2) is 8.27. The number of carbonyl (C=O) groups is 4. The van der Waals surface area contributed by atoms with Crippen molar-refractivity contribution in [3.63, 3.8) is 0 Å². The molecule has 1 aliphatic heterocycles. The van der Waals surface area contributed by atoms with Crippen molar-refractivity contribution in [3.8, 4) is 0 Å². The molecule has 3 aromatic carbocycles. The molecule has 0 spiro atoms. The van der Waals surface area contributed by atoms with E-state index in [1.54, 1.807) is 24.3 Å². The molecular formula is C29H22Cl2N2O4. The normalized spacial score (nSPS) is 26.9. The molecule has 3 amide bonds. The van der Waals surface area contributed by atoms with Gasteiger partial charge in [-0.05, 0) is 41.3 Å². The van der Waals surface area contributed by atoms with E-state index in [-0.39, 0.29) is 24.7 Å². The number of benzene rings is 3. The SMILES string of the molecule is CC(=O)c1cccc(NC(=O)CCN2C(=O)[C@H]3[C@H](C2=O)C2(Cl)c4ccccc4C3(Cl)c3ccccc32)c1. The number of anilines is 1. The molecule has 2 bridgehead atoms. The molecule has 0 radical (unpaired) electrons. The third kappa shape index (κ3) is 3.19. The summed E-state index contributed by atoms with van der Waals surface area (Å²) < 4.78 is 0. The Morgan fingerprint density at radius 1 is 0.811 bits per heavy atom. The molecule has 0 unspecified atom stereocenters. The minimum atomic E-state index is -1.24. The maximum atomic E-state index is 13.8. The van der Waals surface area contributed by atoms with Crippen molar-refractivity contribution in [2.45, 2.75) is 23.1 Å². The molecule has 1 heterocycles. The Labute approximate surface area is 223 Å². The first-order valence-electron chi connectivity index (χ1n) is 12.0. The minimum absolute atomic E-state index is 0.102. The van der Waals surface area contributed by atoms with Gasteiger partial charge in [0.15, 0.2) is 5.78 Å². The lowest BCUT2D eigenvalue weighted by Crippen LogP contribution is -2.57. The number of nitrogens with one attached hydrogen (secondary N) is 1. The zero-order valence-corrected chi connectivity index (χ0v) is 21.3. The lowest BCUT2D eigenvalue weighted by atomic mass is 9.54. The van der Waals surface area contributed by atoms with Crippen LogP contribution in [0.3, 0.4) is 0 Å². The van der Waals surface area contributed by atoms with E-state index < -0.39 is 33.4 Å². The Balaban J connectivity index is 1.31. The van der Waals surface area contributed by atoms with Gasteiger partial charge in [0.2, 0.25) is 17.7 Å². The number of imide groups is 1. The van der Waals surface area contributed by atoms with Gasteiger partial charge < -0.3 is 5.32 Å². The van der Waals surface area contributed by atoms with E-state index in [1.807, 2.05) is 48.5 Å². The fourth-order valence-electron chi connectivity index (χ4n) is 6.20. The third-order valence-electron chi connectivity index (χ3n) is 7.79. The summed E-state index contributed by atoms with van der Waals surface area (Å²) in [6, 6.07) is 21.5. The molecule has 8 heteroatoms. The molecule has 1 N–H and O–H groups in total. The largest absolute Gasteiger partial charge is 0.326 e. The first-order chi connectivity index (χ1) is 17.7. The number of ketones is 1. The van der Waals surface area contributed by atoms with Gasteiger partial charge >= 0.3 is 0 Å². The molecule has 6 nitrogen and oxygen atoms in total. The van der Waals surface area contributed by atoms with Gasteiger partial charge in [0.25, 0.3) is 0 Å². The number of nitrogens with zero attached hydrogens (tertiary/aromatic N) is 1. The lowest BCUT2D eigenvalue weighted by Gasteiger charge is -2.54. The van der Waals surface area contributed by atoms with Crippen molar-refractivity contribution in [2.75, 3.05) is 11.9 Å². The highest BCUT2D eigenvalue weighted by atomic mass is 35.5. The fraction of sp³-hybridized carbons (Fsp3) is 0.241. The first-order valence-corrected chi connectivity index (χ1v) is 12.8. The standard InChI is InChI=1S/C29H22Cl2N2O4/c1-16(34)17-7-6-8-18(15-17)32-23(35)13-14-33-26(36)24-25(27(33)37)29(31)20-10-3-2-9-19(20)28(24,30)21-11-4-5-12-22(21)29/h2-12,15,24-25H,13-14H2,1H3,(H,32,35)/t24-,25-,28?,29?/m1/s1. The average molecular weight is 533 g/mol. The van der Waals surface area contributed by atoms with Crippen molar-refractivity contribution in [1.29, 1.82) is 0 Å². The Bertz CT molecular complexity index is 1400. The quantitative estimate of drug-likeness (QED) is 0.290.